The van der Waals surface area contributed by atoms with Crippen LogP contribution in [0, 0.1) is 11.3 Å². The summed E-state index contributed by atoms with van der Waals surface area (Å²) in [6, 6.07) is 13.5. The predicted molar refractivity (Wildman–Crippen MR) is 80.7 cm³/mol. The lowest BCUT2D eigenvalue weighted by molar-refractivity contribution is 0.598. The Balaban J connectivity index is 2.26. The number of primary sulfonamides is 1. The molecule has 0 radical (unpaired) electrons. The monoisotopic (exact) mass is 302 g/mol. The Morgan fingerprint density at radius 3 is 2.62 bits per heavy atom. The van der Waals surface area contributed by atoms with Crippen LogP contribution < -0.4 is 16.2 Å². The molecule has 0 atom stereocenters. The van der Waals surface area contributed by atoms with Crippen LogP contribution in [0.2, 0.25) is 0 Å². The molecule has 0 aliphatic carbocycles. The molecule has 7 heteroatoms. The predicted octanol–water partition coefficient (Wildman–Crippen LogP) is 1.40. The summed E-state index contributed by atoms with van der Waals surface area (Å²) in [5, 5.41) is 17.0. The summed E-state index contributed by atoms with van der Waals surface area (Å²) < 4.78 is 23.1. The van der Waals surface area contributed by atoms with Crippen LogP contribution in [0.5, 0.6) is 0 Å². The second kappa shape index (κ2) is 5.83. The molecule has 0 spiro atoms. The van der Waals surface area contributed by atoms with Gasteiger partial charge in [-0.05, 0) is 35.9 Å². The van der Waals surface area contributed by atoms with E-state index in [9.17, 15) is 8.42 Å². The second-order valence-corrected chi connectivity index (χ2v) is 6.00. The second-order valence-electron chi connectivity index (χ2n) is 4.47. The fourth-order valence-corrected chi connectivity index (χ4v) is 2.62. The first-order chi connectivity index (χ1) is 9.90. The van der Waals surface area contributed by atoms with Gasteiger partial charge in [0.15, 0.2) is 0 Å². The van der Waals surface area contributed by atoms with Crippen LogP contribution in [0.25, 0.3) is 0 Å². The number of nitrogen functional groups attached to an aromatic ring is 1. The summed E-state index contributed by atoms with van der Waals surface area (Å²) in [4.78, 5) is -0.0565. The third-order valence-corrected chi connectivity index (χ3v) is 3.80. The molecule has 21 heavy (non-hydrogen) atoms. The summed E-state index contributed by atoms with van der Waals surface area (Å²) in [6.07, 6.45) is 0. The van der Waals surface area contributed by atoms with E-state index >= 15 is 0 Å². The van der Waals surface area contributed by atoms with Gasteiger partial charge in [0.05, 0.1) is 17.3 Å². The maximum Gasteiger partial charge on any atom is 0.240 e. The molecule has 108 valence electrons. The van der Waals surface area contributed by atoms with Crippen molar-refractivity contribution in [3.8, 4) is 6.07 Å². The lowest BCUT2D eigenvalue weighted by atomic mass is 10.1. The highest BCUT2D eigenvalue weighted by atomic mass is 32.2. The van der Waals surface area contributed by atoms with Gasteiger partial charge >= 0.3 is 0 Å². The number of nitrogens with one attached hydrogen (secondary N) is 1. The van der Waals surface area contributed by atoms with E-state index in [1.807, 2.05) is 12.1 Å². The average Bonchev–Trinajstić information content (AvgIpc) is 2.45. The molecule has 5 N–H and O–H groups in total. The minimum absolute atomic E-state index is 0.0565. The third-order valence-electron chi connectivity index (χ3n) is 2.85. The number of sulfonamides is 1. The van der Waals surface area contributed by atoms with Crippen LogP contribution in [0.3, 0.4) is 0 Å². The van der Waals surface area contributed by atoms with E-state index in [0.29, 0.717) is 23.5 Å². The zero-order valence-electron chi connectivity index (χ0n) is 11.1. The molecule has 6 nitrogen and oxygen atoms in total. The fourth-order valence-electron chi connectivity index (χ4n) is 1.87. The molecule has 0 aromatic heterocycles. The highest BCUT2D eigenvalue weighted by Gasteiger charge is 2.14. The summed E-state index contributed by atoms with van der Waals surface area (Å²) >= 11 is 0. The number of benzene rings is 2. The standard InChI is InChI=1S/C14H14N4O2S/c15-8-10-2-1-3-11(6-10)9-18-13-5-4-12(16)7-14(13)21(17,19)20/h1-7,18H,9,16H2,(H2,17,19,20). The lowest BCUT2D eigenvalue weighted by Crippen LogP contribution is -2.15. The topological polar surface area (TPSA) is 122 Å². The zero-order valence-corrected chi connectivity index (χ0v) is 11.9. The number of rotatable bonds is 4. The van der Waals surface area contributed by atoms with Gasteiger partial charge in [0.1, 0.15) is 4.90 Å². The van der Waals surface area contributed by atoms with Crippen LogP contribution in [0.15, 0.2) is 47.4 Å². The van der Waals surface area contributed by atoms with Crippen LogP contribution >= 0.6 is 0 Å². The van der Waals surface area contributed by atoms with Crippen molar-refractivity contribution in [2.75, 3.05) is 11.1 Å². The maximum absolute atomic E-state index is 11.6. The summed E-state index contributed by atoms with van der Waals surface area (Å²) in [5.74, 6) is 0. The summed E-state index contributed by atoms with van der Waals surface area (Å²) in [7, 11) is -3.87. The molecule has 0 fully saturated rings. The van der Waals surface area contributed by atoms with Gasteiger partial charge < -0.3 is 11.1 Å². The van der Waals surface area contributed by atoms with E-state index < -0.39 is 10.0 Å². The highest BCUT2D eigenvalue weighted by molar-refractivity contribution is 7.89. The number of nitriles is 1. The Hall–Kier alpha value is -2.56. The summed E-state index contributed by atoms with van der Waals surface area (Å²) in [5.41, 5.74) is 7.66. The third kappa shape index (κ3) is 3.72. The molecule has 2 rings (SSSR count). The number of hydrogen-bond acceptors (Lipinski definition) is 5. The minimum atomic E-state index is -3.87. The molecule has 2 aromatic rings. The Bertz CT molecular complexity index is 810. The van der Waals surface area contributed by atoms with E-state index in [-0.39, 0.29) is 4.90 Å². The average molecular weight is 302 g/mol. The van der Waals surface area contributed by atoms with Crippen molar-refractivity contribution in [3.05, 3.63) is 53.6 Å². The van der Waals surface area contributed by atoms with Gasteiger partial charge in [-0.1, -0.05) is 12.1 Å². The van der Waals surface area contributed by atoms with Gasteiger partial charge in [-0.2, -0.15) is 5.26 Å². The van der Waals surface area contributed by atoms with E-state index in [1.54, 1.807) is 30.3 Å². The smallest absolute Gasteiger partial charge is 0.240 e. The highest BCUT2D eigenvalue weighted by Crippen LogP contribution is 2.23. The van der Waals surface area contributed by atoms with Crippen molar-refractivity contribution in [3.63, 3.8) is 0 Å². The molecule has 0 aliphatic rings. The Labute approximate surface area is 123 Å². The molecule has 0 bridgehead atoms. The molecule has 0 saturated heterocycles. The quantitative estimate of drug-likeness (QED) is 0.737. The minimum Gasteiger partial charge on any atom is -0.399 e. The molecule has 0 amide bonds. The zero-order chi connectivity index (χ0) is 15.5. The Kier molecular flexibility index (Phi) is 4.12. The van der Waals surface area contributed by atoms with E-state index in [1.165, 1.54) is 6.07 Å². The number of anilines is 2. The molecular weight excluding hydrogens is 288 g/mol. The number of nitrogens with zero attached hydrogens (tertiary/aromatic N) is 1. The largest absolute Gasteiger partial charge is 0.399 e. The first-order valence-corrected chi connectivity index (χ1v) is 7.60. The van der Waals surface area contributed by atoms with Crippen molar-refractivity contribution < 1.29 is 8.42 Å². The van der Waals surface area contributed by atoms with Crippen LogP contribution in [0.4, 0.5) is 11.4 Å². The van der Waals surface area contributed by atoms with Gasteiger partial charge in [-0.3, -0.25) is 0 Å². The molecule has 0 saturated carbocycles. The van der Waals surface area contributed by atoms with Gasteiger partial charge in [0, 0.05) is 12.2 Å². The molecule has 0 unspecified atom stereocenters. The normalized spacial score (nSPS) is 10.9. The van der Waals surface area contributed by atoms with Gasteiger partial charge in [0.25, 0.3) is 0 Å². The van der Waals surface area contributed by atoms with Crippen LogP contribution in [0.1, 0.15) is 11.1 Å². The Morgan fingerprint density at radius 2 is 1.95 bits per heavy atom. The fraction of sp³-hybridized carbons (Fsp3) is 0.0714. The van der Waals surface area contributed by atoms with Gasteiger partial charge in [-0.15, -0.1) is 0 Å². The van der Waals surface area contributed by atoms with Gasteiger partial charge in [-0.25, -0.2) is 13.6 Å². The molecule has 0 aliphatic heterocycles. The van der Waals surface area contributed by atoms with Crippen LogP contribution in [-0.2, 0) is 16.6 Å². The van der Waals surface area contributed by atoms with Crippen LogP contribution in [-0.4, -0.2) is 8.42 Å². The lowest BCUT2D eigenvalue weighted by Gasteiger charge is -2.11. The van der Waals surface area contributed by atoms with E-state index in [0.717, 1.165) is 5.56 Å². The molecular formula is C14H14N4O2S. The Morgan fingerprint density at radius 1 is 1.19 bits per heavy atom. The van der Waals surface area contributed by atoms with E-state index in [2.05, 4.69) is 5.32 Å². The van der Waals surface area contributed by atoms with E-state index in [4.69, 9.17) is 16.1 Å². The van der Waals surface area contributed by atoms with Crippen molar-refractivity contribution in [1.82, 2.24) is 0 Å². The summed E-state index contributed by atoms with van der Waals surface area (Å²) in [6.45, 7) is 0.363. The SMILES string of the molecule is N#Cc1cccc(CNc2ccc(N)cc2S(N)(=O)=O)c1. The van der Waals surface area contributed by atoms with Gasteiger partial charge in [0.2, 0.25) is 10.0 Å². The molecule has 2 aromatic carbocycles. The van der Waals surface area contributed by atoms with Crippen molar-refractivity contribution in [2.45, 2.75) is 11.4 Å². The number of nitrogens with two attached hydrogens (primary N) is 2. The maximum atomic E-state index is 11.6. The first-order valence-electron chi connectivity index (χ1n) is 6.05. The van der Waals surface area contributed by atoms with Crippen molar-refractivity contribution in [1.29, 1.82) is 5.26 Å². The number of hydrogen-bond donors (Lipinski definition) is 3. The van der Waals surface area contributed by atoms with Crippen molar-refractivity contribution in [2.24, 2.45) is 5.14 Å². The molecule has 0 heterocycles. The first kappa shape index (κ1) is 14.8. The van der Waals surface area contributed by atoms with Crippen molar-refractivity contribution >= 4 is 21.4 Å².